The zero-order valence-electron chi connectivity index (χ0n) is 13.5. The van der Waals surface area contributed by atoms with E-state index in [0.29, 0.717) is 30.7 Å². The summed E-state index contributed by atoms with van der Waals surface area (Å²) in [5, 5.41) is 10.7. The molecule has 120 valence electrons. The van der Waals surface area contributed by atoms with E-state index in [0.717, 1.165) is 12.8 Å². The molecule has 1 aromatic heterocycles. The van der Waals surface area contributed by atoms with Gasteiger partial charge in [-0.1, -0.05) is 31.9 Å². The van der Waals surface area contributed by atoms with Crippen molar-refractivity contribution in [3.63, 3.8) is 0 Å². The molecule has 0 radical (unpaired) electrons. The van der Waals surface area contributed by atoms with E-state index in [9.17, 15) is 4.79 Å². The minimum atomic E-state index is -0.0544. The first-order valence-corrected chi connectivity index (χ1v) is 7.53. The number of hydrogen-bond donors (Lipinski definition) is 2. The first kappa shape index (κ1) is 17.6. The number of amides is 1. The molecule has 1 unspecified atom stereocenters. The van der Waals surface area contributed by atoms with Gasteiger partial charge in [0.15, 0.2) is 0 Å². The van der Waals surface area contributed by atoms with Crippen LogP contribution < -0.4 is 11.1 Å². The van der Waals surface area contributed by atoms with Gasteiger partial charge in [-0.2, -0.15) is 0 Å². The molecule has 1 atom stereocenters. The molecule has 0 aliphatic rings. The van der Waals surface area contributed by atoms with Crippen LogP contribution in [0.25, 0.3) is 0 Å². The Bertz CT molecular complexity index is 427. The van der Waals surface area contributed by atoms with Crippen molar-refractivity contribution in [2.24, 2.45) is 11.7 Å². The highest BCUT2D eigenvalue weighted by Crippen LogP contribution is 2.16. The van der Waals surface area contributed by atoms with E-state index >= 15 is 0 Å². The second-order valence-corrected chi connectivity index (χ2v) is 5.52. The number of hydrogen-bond acceptors (Lipinski definition) is 5. The fourth-order valence-corrected chi connectivity index (χ4v) is 2.53. The molecule has 7 heteroatoms. The number of carbonyl (C=O) groups excluding carboxylic acids is 1. The van der Waals surface area contributed by atoms with Crippen molar-refractivity contribution in [1.29, 1.82) is 0 Å². The van der Waals surface area contributed by atoms with Crippen LogP contribution >= 0.6 is 0 Å². The lowest BCUT2D eigenvalue weighted by Crippen LogP contribution is -2.45. The molecule has 0 saturated carbocycles. The summed E-state index contributed by atoms with van der Waals surface area (Å²) in [6.07, 6.45) is 3.92. The van der Waals surface area contributed by atoms with E-state index in [1.54, 1.807) is 6.20 Å². The Morgan fingerprint density at radius 2 is 2.10 bits per heavy atom. The van der Waals surface area contributed by atoms with Crippen molar-refractivity contribution in [3.8, 4) is 0 Å². The molecule has 3 N–H and O–H groups in total. The van der Waals surface area contributed by atoms with Crippen LogP contribution in [0.1, 0.15) is 32.4 Å². The van der Waals surface area contributed by atoms with Gasteiger partial charge in [-0.25, -0.2) is 4.68 Å². The number of aromatic nitrogens is 3. The van der Waals surface area contributed by atoms with Gasteiger partial charge in [-0.05, 0) is 20.0 Å². The molecule has 0 bridgehead atoms. The summed E-state index contributed by atoms with van der Waals surface area (Å²) >= 11 is 0. The molecule has 0 fully saturated rings. The summed E-state index contributed by atoms with van der Waals surface area (Å²) in [5.41, 5.74) is 6.15. The second-order valence-electron chi connectivity index (χ2n) is 5.52. The molecule has 1 aromatic rings. The van der Waals surface area contributed by atoms with Crippen molar-refractivity contribution < 1.29 is 4.79 Å². The minimum absolute atomic E-state index is 0.0544. The summed E-state index contributed by atoms with van der Waals surface area (Å²) in [7, 11) is 4.11. The Hall–Kier alpha value is -1.47. The van der Waals surface area contributed by atoms with Gasteiger partial charge in [0, 0.05) is 19.1 Å². The van der Waals surface area contributed by atoms with Crippen molar-refractivity contribution in [2.75, 3.05) is 20.6 Å². The molecular weight excluding hydrogens is 268 g/mol. The highest BCUT2D eigenvalue weighted by atomic mass is 16.2. The van der Waals surface area contributed by atoms with Crippen LogP contribution in [-0.2, 0) is 17.9 Å². The quantitative estimate of drug-likeness (QED) is 0.680. The van der Waals surface area contributed by atoms with Crippen molar-refractivity contribution >= 4 is 5.91 Å². The maximum absolute atomic E-state index is 12.0. The Kier molecular flexibility index (Phi) is 7.31. The van der Waals surface area contributed by atoms with E-state index in [2.05, 4.69) is 48.5 Å². The average molecular weight is 296 g/mol. The predicted molar refractivity (Wildman–Crippen MR) is 82.5 cm³/mol. The third-order valence-corrected chi connectivity index (χ3v) is 3.87. The summed E-state index contributed by atoms with van der Waals surface area (Å²) in [6.45, 7) is 5.54. The van der Waals surface area contributed by atoms with Crippen LogP contribution in [-0.4, -0.2) is 52.5 Å². The normalized spacial score (nSPS) is 12.9. The predicted octanol–water partition coefficient (Wildman–Crippen LogP) is 0.219. The standard InChI is InChI=1S/C14H28N6O/c1-5-11(6-2)13(19(3)4)8-16-14(21)10-20-9-12(7-15)17-18-20/h9,11,13H,5-8,10,15H2,1-4H3,(H,16,21). The third-order valence-electron chi connectivity index (χ3n) is 3.87. The van der Waals surface area contributed by atoms with Gasteiger partial charge < -0.3 is 16.0 Å². The van der Waals surface area contributed by atoms with Crippen molar-refractivity contribution in [1.82, 2.24) is 25.2 Å². The van der Waals surface area contributed by atoms with Gasteiger partial charge in [0.1, 0.15) is 6.54 Å². The van der Waals surface area contributed by atoms with Gasteiger partial charge >= 0.3 is 0 Å². The van der Waals surface area contributed by atoms with Crippen LogP contribution in [0, 0.1) is 5.92 Å². The fraction of sp³-hybridized carbons (Fsp3) is 0.786. The Morgan fingerprint density at radius 3 is 2.57 bits per heavy atom. The summed E-state index contributed by atoms with van der Waals surface area (Å²) < 4.78 is 1.51. The number of nitrogens with two attached hydrogens (primary N) is 1. The molecule has 0 spiro atoms. The lowest BCUT2D eigenvalue weighted by molar-refractivity contribution is -0.122. The lowest BCUT2D eigenvalue weighted by Gasteiger charge is -2.31. The molecule has 1 heterocycles. The molecule has 0 aliphatic heterocycles. The number of carbonyl (C=O) groups is 1. The van der Waals surface area contributed by atoms with Gasteiger partial charge in [0.25, 0.3) is 0 Å². The van der Waals surface area contributed by atoms with Gasteiger partial charge in [0.2, 0.25) is 5.91 Å². The van der Waals surface area contributed by atoms with E-state index in [-0.39, 0.29) is 12.5 Å². The summed E-state index contributed by atoms with van der Waals surface area (Å²) in [5.74, 6) is 0.525. The third kappa shape index (κ3) is 5.43. The summed E-state index contributed by atoms with van der Waals surface area (Å²) in [4.78, 5) is 14.2. The Morgan fingerprint density at radius 1 is 1.43 bits per heavy atom. The smallest absolute Gasteiger partial charge is 0.241 e. The van der Waals surface area contributed by atoms with Crippen molar-refractivity contribution in [2.45, 2.75) is 45.8 Å². The van der Waals surface area contributed by atoms with Crippen LogP contribution in [0.3, 0.4) is 0 Å². The van der Waals surface area contributed by atoms with E-state index in [4.69, 9.17) is 5.73 Å². The number of nitrogens with one attached hydrogen (secondary N) is 1. The lowest BCUT2D eigenvalue weighted by atomic mass is 9.93. The number of nitrogens with zero attached hydrogens (tertiary/aromatic N) is 4. The molecule has 0 saturated heterocycles. The van der Waals surface area contributed by atoms with Gasteiger partial charge in [-0.15, -0.1) is 5.10 Å². The minimum Gasteiger partial charge on any atom is -0.353 e. The average Bonchev–Trinajstić information content (AvgIpc) is 2.90. The number of likely N-dealkylation sites (N-methyl/N-ethyl adjacent to an activating group) is 1. The molecule has 7 nitrogen and oxygen atoms in total. The SMILES string of the molecule is CCC(CC)C(CNC(=O)Cn1cc(CN)nn1)N(C)C. The van der Waals surface area contributed by atoms with Crippen LogP contribution in [0.4, 0.5) is 0 Å². The Labute approximate surface area is 126 Å². The molecular formula is C14H28N6O. The maximum atomic E-state index is 12.0. The Balaban J connectivity index is 2.49. The van der Waals surface area contributed by atoms with Crippen LogP contribution in [0.5, 0.6) is 0 Å². The second kappa shape index (κ2) is 8.74. The maximum Gasteiger partial charge on any atom is 0.241 e. The highest BCUT2D eigenvalue weighted by molar-refractivity contribution is 5.75. The first-order valence-electron chi connectivity index (χ1n) is 7.53. The monoisotopic (exact) mass is 296 g/mol. The molecule has 21 heavy (non-hydrogen) atoms. The van der Waals surface area contributed by atoms with E-state index < -0.39 is 0 Å². The fourth-order valence-electron chi connectivity index (χ4n) is 2.53. The zero-order chi connectivity index (χ0) is 15.8. The summed E-state index contributed by atoms with van der Waals surface area (Å²) in [6, 6.07) is 0.347. The highest BCUT2D eigenvalue weighted by Gasteiger charge is 2.21. The van der Waals surface area contributed by atoms with Crippen molar-refractivity contribution in [3.05, 3.63) is 11.9 Å². The van der Waals surface area contributed by atoms with E-state index in [1.807, 2.05) is 0 Å². The van der Waals surface area contributed by atoms with Crippen LogP contribution in [0.15, 0.2) is 6.20 Å². The zero-order valence-corrected chi connectivity index (χ0v) is 13.5. The van der Waals surface area contributed by atoms with Gasteiger partial charge in [-0.3, -0.25) is 4.79 Å². The van der Waals surface area contributed by atoms with E-state index in [1.165, 1.54) is 4.68 Å². The molecule has 0 aliphatic carbocycles. The van der Waals surface area contributed by atoms with Gasteiger partial charge in [0.05, 0.1) is 11.9 Å². The molecule has 1 amide bonds. The topological polar surface area (TPSA) is 89.1 Å². The largest absolute Gasteiger partial charge is 0.353 e. The number of rotatable bonds is 9. The molecule has 1 rings (SSSR count). The molecule has 0 aromatic carbocycles. The van der Waals surface area contributed by atoms with Crippen LogP contribution in [0.2, 0.25) is 0 Å². The first-order chi connectivity index (χ1) is 10.0.